The standard InChI is InChI=1S/C19H27N3O2/c1-6-16(15(23)11-18-20-12-21-22-18)24-17-9-8-13(3)10-14(17)19(4,5)7-2/h8-10,12,16H,6-7,11H2,1-5H3,(H,20,21,22). The Morgan fingerprint density at radius 2 is 2.08 bits per heavy atom. The highest BCUT2D eigenvalue weighted by atomic mass is 16.5. The smallest absolute Gasteiger partial charge is 0.180 e. The average Bonchev–Trinajstić information content (AvgIpc) is 3.06. The second-order valence-electron chi connectivity index (χ2n) is 6.83. The molecule has 0 saturated carbocycles. The van der Waals surface area contributed by atoms with Gasteiger partial charge in [0, 0.05) is 5.56 Å². The SMILES string of the molecule is CCC(Oc1ccc(C)cc1C(C)(C)CC)C(=O)Cc1ncn[nH]1. The lowest BCUT2D eigenvalue weighted by Gasteiger charge is -2.28. The lowest BCUT2D eigenvalue weighted by atomic mass is 9.81. The van der Waals surface area contributed by atoms with Crippen LogP contribution in [0.1, 0.15) is 57.5 Å². The van der Waals surface area contributed by atoms with E-state index in [1.807, 2.05) is 19.1 Å². The fourth-order valence-corrected chi connectivity index (χ4v) is 2.59. The molecule has 2 aromatic rings. The van der Waals surface area contributed by atoms with Gasteiger partial charge in [0.25, 0.3) is 0 Å². The molecular weight excluding hydrogens is 302 g/mol. The third-order valence-corrected chi connectivity index (χ3v) is 4.55. The van der Waals surface area contributed by atoms with Crippen LogP contribution in [0.4, 0.5) is 0 Å². The van der Waals surface area contributed by atoms with Crippen LogP contribution >= 0.6 is 0 Å². The number of hydrogen-bond donors (Lipinski definition) is 1. The molecule has 1 aromatic heterocycles. The van der Waals surface area contributed by atoms with Crippen LogP contribution in [0.5, 0.6) is 5.75 Å². The van der Waals surface area contributed by atoms with Crippen LogP contribution in [0.3, 0.4) is 0 Å². The van der Waals surface area contributed by atoms with Gasteiger partial charge in [-0.1, -0.05) is 45.4 Å². The summed E-state index contributed by atoms with van der Waals surface area (Å²) < 4.78 is 6.14. The van der Waals surface area contributed by atoms with Gasteiger partial charge in [0.05, 0.1) is 6.42 Å². The monoisotopic (exact) mass is 329 g/mol. The number of rotatable bonds is 8. The third-order valence-electron chi connectivity index (χ3n) is 4.55. The lowest BCUT2D eigenvalue weighted by molar-refractivity contribution is -0.125. The van der Waals surface area contributed by atoms with Crippen LogP contribution in [0.15, 0.2) is 24.5 Å². The number of aromatic nitrogens is 3. The number of carbonyl (C=O) groups excluding carboxylic acids is 1. The number of aryl methyl sites for hydroxylation is 1. The Morgan fingerprint density at radius 3 is 2.67 bits per heavy atom. The van der Waals surface area contributed by atoms with Crippen molar-refractivity contribution in [3.63, 3.8) is 0 Å². The number of benzene rings is 1. The van der Waals surface area contributed by atoms with E-state index in [1.165, 1.54) is 11.9 Å². The van der Waals surface area contributed by atoms with Gasteiger partial charge >= 0.3 is 0 Å². The highest BCUT2D eigenvalue weighted by molar-refractivity contribution is 5.84. The summed E-state index contributed by atoms with van der Waals surface area (Å²) in [6.45, 7) is 10.6. The molecule has 0 bridgehead atoms. The summed E-state index contributed by atoms with van der Waals surface area (Å²) in [5.74, 6) is 1.38. The van der Waals surface area contributed by atoms with Gasteiger partial charge in [-0.25, -0.2) is 4.98 Å². The molecule has 0 aliphatic heterocycles. The maximum absolute atomic E-state index is 12.5. The van der Waals surface area contributed by atoms with Crippen LogP contribution < -0.4 is 4.74 Å². The molecule has 1 aromatic carbocycles. The second-order valence-corrected chi connectivity index (χ2v) is 6.83. The van der Waals surface area contributed by atoms with Gasteiger partial charge in [0.15, 0.2) is 11.9 Å². The minimum absolute atomic E-state index is 0.00633. The highest BCUT2D eigenvalue weighted by Crippen LogP contribution is 2.35. The zero-order valence-corrected chi connectivity index (χ0v) is 15.2. The predicted octanol–water partition coefficient (Wildman–Crippen LogP) is 3.77. The van der Waals surface area contributed by atoms with Crippen molar-refractivity contribution in [3.05, 3.63) is 41.5 Å². The largest absolute Gasteiger partial charge is 0.482 e. The average molecular weight is 329 g/mol. The zero-order valence-electron chi connectivity index (χ0n) is 15.2. The molecule has 2 rings (SSSR count). The molecule has 0 saturated heterocycles. The number of nitrogens with one attached hydrogen (secondary N) is 1. The van der Waals surface area contributed by atoms with Crippen LogP contribution in [-0.2, 0) is 16.6 Å². The predicted molar refractivity (Wildman–Crippen MR) is 94.3 cm³/mol. The number of nitrogens with zero attached hydrogens (tertiary/aromatic N) is 2. The quantitative estimate of drug-likeness (QED) is 0.800. The summed E-state index contributed by atoms with van der Waals surface area (Å²) in [5, 5.41) is 6.51. The fraction of sp³-hybridized carbons (Fsp3) is 0.526. The number of ketones is 1. The molecule has 0 amide bonds. The normalized spacial score (nSPS) is 12.9. The molecule has 5 heteroatoms. The van der Waals surface area contributed by atoms with E-state index in [-0.39, 0.29) is 17.6 Å². The number of ether oxygens (including phenoxy) is 1. The molecule has 0 fully saturated rings. The van der Waals surface area contributed by atoms with Crippen molar-refractivity contribution < 1.29 is 9.53 Å². The van der Waals surface area contributed by atoms with E-state index in [0.29, 0.717) is 12.2 Å². The van der Waals surface area contributed by atoms with E-state index >= 15 is 0 Å². The van der Waals surface area contributed by atoms with Gasteiger partial charge in [0.1, 0.15) is 17.9 Å². The Bertz CT molecular complexity index is 678. The Labute approximate surface area is 143 Å². The first-order valence-corrected chi connectivity index (χ1v) is 8.52. The molecule has 1 atom stereocenters. The van der Waals surface area contributed by atoms with E-state index in [2.05, 4.69) is 48.9 Å². The molecule has 24 heavy (non-hydrogen) atoms. The second kappa shape index (κ2) is 7.60. The highest BCUT2D eigenvalue weighted by Gasteiger charge is 2.26. The van der Waals surface area contributed by atoms with Crippen molar-refractivity contribution in [2.75, 3.05) is 0 Å². The van der Waals surface area contributed by atoms with E-state index in [1.54, 1.807) is 0 Å². The van der Waals surface area contributed by atoms with Gasteiger partial charge in [-0.05, 0) is 31.2 Å². The number of aromatic amines is 1. The lowest BCUT2D eigenvalue weighted by Crippen LogP contribution is -2.30. The minimum atomic E-state index is -0.482. The van der Waals surface area contributed by atoms with Crippen LogP contribution in [0.2, 0.25) is 0 Å². The molecule has 0 aliphatic rings. The number of hydrogen-bond acceptors (Lipinski definition) is 4. The Morgan fingerprint density at radius 1 is 1.33 bits per heavy atom. The molecule has 130 valence electrons. The Hall–Kier alpha value is -2.17. The Kier molecular flexibility index (Phi) is 5.75. The van der Waals surface area contributed by atoms with Crippen molar-refractivity contribution in [1.82, 2.24) is 15.2 Å². The number of carbonyl (C=O) groups is 1. The van der Waals surface area contributed by atoms with Gasteiger partial charge in [-0.3, -0.25) is 9.89 Å². The summed E-state index contributed by atoms with van der Waals surface area (Å²) in [4.78, 5) is 16.5. The molecule has 5 nitrogen and oxygen atoms in total. The first-order valence-electron chi connectivity index (χ1n) is 8.52. The van der Waals surface area contributed by atoms with Crippen molar-refractivity contribution in [2.45, 2.75) is 65.4 Å². The van der Waals surface area contributed by atoms with E-state index in [0.717, 1.165) is 17.7 Å². The minimum Gasteiger partial charge on any atom is -0.482 e. The van der Waals surface area contributed by atoms with Crippen molar-refractivity contribution in [2.24, 2.45) is 0 Å². The maximum atomic E-state index is 12.5. The van der Waals surface area contributed by atoms with E-state index in [9.17, 15) is 4.79 Å². The fourth-order valence-electron chi connectivity index (χ4n) is 2.59. The molecule has 0 spiro atoms. The van der Waals surface area contributed by atoms with Gasteiger partial charge < -0.3 is 4.74 Å². The Balaban J connectivity index is 2.23. The molecule has 0 radical (unpaired) electrons. The van der Waals surface area contributed by atoms with Crippen LogP contribution in [0.25, 0.3) is 0 Å². The van der Waals surface area contributed by atoms with Crippen molar-refractivity contribution in [1.29, 1.82) is 0 Å². The molecule has 1 unspecified atom stereocenters. The topological polar surface area (TPSA) is 67.9 Å². The van der Waals surface area contributed by atoms with Gasteiger partial charge in [-0.2, -0.15) is 5.10 Å². The summed E-state index contributed by atoms with van der Waals surface area (Å²) in [6.07, 6.45) is 2.75. The van der Waals surface area contributed by atoms with Gasteiger partial charge in [0.2, 0.25) is 0 Å². The molecule has 0 aliphatic carbocycles. The zero-order chi connectivity index (χ0) is 17.7. The summed E-state index contributed by atoms with van der Waals surface area (Å²) in [6, 6.07) is 6.16. The first-order chi connectivity index (χ1) is 11.4. The first kappa shape index (κ1) is 18.2. The molecule has 1 N–H and O–H groups in total. The van der Waals surface area contributed by atoms with Crippen LogP contribution in [0, 0.1) is 6.92 Å². The molecule has 1 heterocycles. The third kappa shape index (κ3) is 4.22. The number of H-pyrrole nitrogens is 1. The maximum Gasteiger partial charge on any atom is 0.180 e. The number of Topliss-reactive ketones (excluding diaryl/α,β-unsaturated/α-hetero) is 1. The summed E-state index contributed by atoms with van der Waals surface area (Å²) >= 11 is 0. The van der Waals surface area contributed by atoms with Gasteiger partial charge in [-0.15, -0.1) is 0 Å². The summed E-state index contributed by atoms with van der Waals surface area (Å²) in [5.41, 5.74) is 2.34. The molecular formula is C19H27N3O2. The summed E-state index contributed by atoms with van der Waals surface area (Å²) in [7, 11) is 0. The van der Waals surface area contributed by atoms with Crippen LogP contribution in [-0.4, -0.2) is 27.1 Å². The van der Waals surface area contributed by atoms with Crippen molar-refractivity contribution >= 4 is 5.78 Å². The van der Waals surface area contributed by atoms with E-state index < -0.39 is 6.10 Å². The van der Waals surface area contributed by atoms with Crippen molar-refractivity contribution in [3.8, 4) is 5.75 Å². The van der Waals surface area contributed by atoms with E-state index in [4.69, 9.17) is 4.74 Å².